The molecular weight excluding hydrogens is 331 g/mol. The zero-order valence-corrected chi connectivity index (χ0v) is 12.6. The number of hydrogen-bond donors (Lipinski definition) is 1. The van der Waals surface area contributed by atoms with E-state index >= 15 is 0 Å². The van der Waals surface area contributed by atoms with Crippen LogP contribution in [0.25, 0.3) is 22.3 Å². The molecule has 0 aliphatic rings. The average molecular weight is 343 g/mol. The molecule has 0 atom stereocenters. The van der Waals surface area contributed by atoms with Gasteiger partial charge in [0.2, 0.25) is 0 Å². The minimum Gasteiger partial charge on any atom is -0.507 e. The second kappa shape index (κ2) is 5.70. The fourth-order valence-corrected chi connectivity index (χ4v) is 2.86. The van der Waals surface area contributed by atoms with Crippen molar-refractivity contribution < 1.29 is 9.50 Å². The van der Waals surface area contributed by atoms with Gasteiger partial charge in [-0.3, -0.25) is 0 Å². The number of benzene rings is 3. The van der Waals surface area contributed by atoms with E-state index in [1.165, 1.54) is 6.07 Å². The molecule has 0 spiro atoms. The highest BCUT2D eigenvalue weighted by molar-refractivity contribution is 9.10. The van der Waals surface area contributed by atoms with E-state index in [0.29, 0.717) is 15.6 Å². The van der Waals surface area contributed by atoms with Gasteiger partial charge in [0.15, 0.2) is 0 Å². The van der Waals surface area contributed by atoms with Crippen molar-refractivity contribution in [3.05, 3.63) is 77.0 Å². The minimum absolute atomic E-state index is 0.0575. The van der Waals surface area contributed by atoms with Gasteiger partial charge in [0.25, 0.3) is 0 Å². The van der Waals surface area contributed by atoms with Crippen LogP contribution in [0.4, 0.5) is 4.39 Å². The fourth-order valence-electron chi connectivity index (χ4n) is 2.31. The van der Waals surface area contributed by atoms with E-state index < -0.39 is 0 Å². The van der Waals surface area contributed by atoms with Crippen LogP contribution in [0.2, 0.25) is 0 Å². The molecule has 104 valence electrons. The lowest BCUT2D eigenvalue weighted by atomic mass is 9.99. The van der Waals surface area contributed by atoms with Gasteiger partial charge >= 0.3 is 0 Å². The first-order valence-electron chi connectivity index (χ1n) is 6.49. The summed E-state index contributed by atoms with van der Waals surface area (Å²) in [7, 11) is 0. The van der Waals surface area contributed by atoms with Crippen molar-refractivity contribution >= 4 is 15.9 Å². The molecule has 0 saturated carbocycles. The number of phenols is 1. The first-order chi connectivity index (χ1) is 10.2. The maximum Gasteiger partial charge on any atom is 0.132 e. The summed E-state index contributed by atoms with van der Waals surface area (Å²) in [6.45, 7) is 0. The smallest absolute Gasteiger partial charge is 0.132 e. The van der Waals surface area contributed by atoms with Gasteiger partial charge in [0.05, 0.1) is 0 Å². The van der Waals surface area contributed by atoms with Crippen molar-refractivity contribution in [2.24, 2.45) is 0 Å². The Morgan fingerprint density at radius 1 is 0.810 bits per heavy atom. The normalized spacial score (nSPS) is 10.6. The summed E-state index contributed by atoms with van der Waals surface area (Å²) in [5.74, 6) is -0.311. The molecule has 0 heterocycles. The van der Waals surface area contributed by atoms with E-state index in [1.54, 1.807) is 24.3 Å². The molecule has 0 saturated heterocycles. The van der Waals surface area contributed by atoms with Gasteiger partial charge in [-0.25, -0.2) is 4.39 Å². The average Bonchev–Trinajstić information content (AvgIpc) is 2.49. The molecule has 0 radical (unpaired) electrons. The molecule has 21 heavy (non-hydrogen) atoms. The maximum atomic E-state index is 14.0. The van der Waals surface area contributed by atoms with Crippen LogP contribution in [0.1, 0.15) is 0 Å². The monoisotopic (exact) mass is 342 g/mol. The molecule has 1 N–H and O–H groups in total. The quantitative estimate of drug-likeness (QED) is 0.640. The van der Waals surface area contributed by atoms with Crippen LogP contribution in [0.5, 0.6) is 5.75 Å². The second-order valence-electron chi connectivity index (χ2n) is 4.69. The van der Waals surface area contributed by atoms with Gasteiger partial charge in [-0.05, 0) is 35.4 Å². The maximum absolute atomic E-state index is 14.0. The number of rotatable bonds is 2. The van der Waals surface area contributed by atoms with E-state index in [2.05, 4.69) is 15.9 Å². The van der Waals surface area contributed by atoms with Gasteiger partial charge in [-0.1, -0.05) is 58.4 Å². The Kier molecular flexibility index (Phi) is 3.76. The van der Waals surface area contributed by atoms with E-state index in [0.717, 1.165) is 11.1 Å². The number of phenolic OH excluding ortho intramolecular Hbond substituents is 1. The summed E-state index contributed by atoms with van der Waals surface area (Å²) in [5, 5.41) is 10.3. The topological polar surface area (TPSA) is 20.2 Å². The van der Waals surface area contributed by atoms with Crippen LogP contribution < -0.4 is 0 Å². The predicted octanol–water partition coefficient (Wildman–Crippen LogP) is 5.63. The van der Waals surface area contributed by atoms with Crippen LogP contribution in [0, 0.1) is 5.82 Å². The lowest BCUT2D eigenvalue weighted by Gasteiger charge is -2.10. The van der Waals surface area contributed by atoms with Crippen molar-refractivity contribution in [2.45, 2.75) is 0 Å². The standard InChI is InChI=1S/C18H12BrFO/c19-15-7-4-8-16(20)18(15)14-10-9-13(11-17(14)21)12-5-2-1-3-6-12/h1-11,21H. The molecule has 0 amide bonds. The van der Waals surface area contributed by atoms with Crippen molar-refractivity contribution in [3.8, 4) is 28.0 Å². The summed E-state index contributed by atoms with van der Waals surface area (Å²) in [6, 6.07) is 19.8. The minimum atomic E-state index is -0.368. The van der Waals surface area contributed by atoms with Crippen molar-refractivity contribution in [3.63, 3.8) is 0 Å². The Morgan fingerprint density at radius 2 is 1.57 bits per heavy atom. The predicted molar refractivity (Wildman–Crippen MR) is 86.6 cm³/mol. The lowest BCUT2D eigenvalue weighted by Crippen LogP contribution is -1.87. The van der Waals surface area contributed by atoms with Crippen LogP contribution in [0.3, 0.4) is 0 Å². The molecule has 1 nitrogen and oxygen atoms in total. The molecule has 3 rings (SSSR count). The van der Waals surface area contributed by atoms with E-state index in [1.807, 2.05) is 36.4 Å². The molecule has 3 aromatic rings. The first-order valence-corrected chi connectivity index (χ1v) is 7.29. The van der Waals surface area contributed by atoms with Crippen molar-refractivity contribution in [1.82, 2.24) is 0 Å². The highest BCUT2D eigenvalue weighted by Gasteiger charge is 2.13. The Hall–Kier alpha value is -2.13. The van der Waals surface area contributed by atoms with Gasteiger partial charge in [0.1, 0.15) is 11.6 Å². The number of halogens is 2. The highest BCUT2D eigenvalue weighted by Crippen LogP contribution is 2.38. The third kappa shape index (κ3) is 2.69. The van der Waals surface area contributed by atoms with Crippen LogP contribution in [0.15, 0.2) is 71.2 Å². The Balaban J connectivity index is 2.11. The summed E-state index contributed by atoms with van der Waals surface area (Å²) in [6.07, 6.45) is 0. The van der Waals surface area contributed by atoms with Crippen molar-refractivity contribution in [2.75, 3.05) is 0 Å². The Morgan fingerprint density at radius 3 is 2.24 bits per heavy atom. The molecule has 3 aromatic carbocycles. The van der Waals surface area contributed by atoms with Crippen LogP contribution in [-0.4, -0.2) is 5.11 Å². The fraction of sp³-hybridized carbons (Fsp3) is 0. The third-order valence-electron chi connectivity index (χ3n) is 3.34. The molecule has 0 aromatic heterocycles. The summed E-state index contributed by atoms with van der Waals surface area (Å²) < 4.78 is 14.6. The molecule has 0 unspecified atom stereocenters. The summed E-state index contributed by atoms with van der Waals surface area (Å²) in [5.41, 5.74) is 2.74. The van der Waals surface area contributed by atoms with E-state index in [4.69, 9.17) is 0 Å². The second-order valence-corrected chi connectivity index (χ2v) is 5.55. The summed E-state index contributed by atoms with van der Waals surface area (Å²) in [4.78, 5) is 0. The van der Waals surface area contributed by atoms with Gasteiger partial charge < -0.3 is 5.11 Å². The number of hydrogen-bond acceptors (Lipinski definition) is 1. The van der Waals surface area contributed by atoms with Crippen LogP contribution in [-0.2, 0) is 0 Å². The largest absolute Gasteiger partial charge is 0.507 e. The molecule has 0 aliphatic carbocycles. The molecule has 0 fully saturated rings. The summed E-state index contributed by atoms with van der Waals surface area (Å²) >= 11 is 3.33. The highest BCUT2D eigenvalue weighted by atomic mass is 79.9. The van der Waals surface area contributed by atoms with Crippen LogP contribution >= 0.6 is 15.9 Å². The number of aromatic hydroxyl groups is 1. The molecular formula is C18H12BrFO. The SMILES string of the molecule is Oc1cc(-c2ccccc2)ccc1-c1c(F)cccc1Br. The van der Waals surface area contributed by atoms with Crippen molar-refractivity contribution in [1.29, 1.82) is 0 Å². The zero-order chi connectivity index (χ0) is 14.8. The molecule has 0 aliphatic heterocycles. The van der Waals surface area contributed by atoms with Gasteiger partial charge in [-0.2, -0.15) is 0 Å². The Labute approximate surface area is 130 Å². The zero-order valence-electron chi connectivity index (χ0n) is 11.1. The molecule has 3 heteroatoms. The Bertz CT molecular complexity index is 764. The van der Waals surface area contributed by atoms with Gasteiger partial charge in [0, 0.05) is 15.6 Å². The molecule has 0 bridgehead atoms. The third-order valence-corrected chi connectivity index (χ3v) is 4.00. The van der Waals surface area contributed by atoms with Gasteiger partial charge in [-0.15, -0.1) is 0 Å². The lowest BCUT2D eigenvalue weighted by molar-refractivity contribution is 0.477. The first kappa shape index (κ1) is 13.8. The van der Waals surface area contributed by atoms with E-state index in [9.17, 15) is 9.50 Å². The van der Waals surface area contributed by atoms with E-state index in [-0.39, 0.29) is 11.6 Å².